The third-order valence-electron chi connectivity index (χ3n) is 3.47. The summed E-state index contributed by atoms with van der Waals surface area (Å²) in [5, 5.41) is 8.02. The lowest BCUT2D eigenvalue weighted by atomic mass is 10.1. The Hall–Kier alpha value is -2.95. The van der Waals surface area contributed by atoms with E-state index in [0.29, 0.717) is 0 Å². The number of aromatic nitrogens is 4. The molecule has 0 radical (unpaired) electrons. The van der Waals surface area contributed by atoms with Gasteiger partial charge in [-0.15, -0.1) is 0 Å². The first-order valence-electron chi connectivity index (χ1n) is 6.58. The molecule has 0 aliphatic carbocycles. The highest BCUT2D eigenvalue weighted by Gasteiger charge is 2.06. The highest BCUT2D eigenvalue weighted by atomic mass is 16.5. The van der Waals surface area contributed by atoms with Crippen LogP contribution in [0.25, 0.3) is 33.2 Å². The molecule has 2 aromatic carbocycles. The molecule has 2 aromatic heterocycles. The minimum absolute atomic E-state index is 0.804. The number of hydrogen-bond acceptors (Lipinski definition) is 4. The summed E-state index contributed by atoms with van der Waals surface area (Å²) in [6, 6.07) is 11.7. The van der Waals surface area contributed by atoms with E-state index in [1.807, 2.05) is 36.4 Å². The molecule has 0 bridgehead atoms. The van der Waals surface area contributed by atoms with Crippen LogP contribution in [-0.4, -0.2) is 27.3 Å². The second kappa shape index (κ2) is 4.56. The number of hydrogen-bond donors (Lipinski definition) is 1. The molecule has 4 aromatic rings. The molecule has 2 heterocycles. The van der Waals surface area contributed by atoms with Crippen molar-refractivity contribution in [3.63, 3.8) is 0 Å². The smallest absolute Gasteiger partial charge is 0.119 e. The zero-order chi connectivity index (χ0) is 14.2. The van der Waals surface area contributed by atoms with Crippen LogP contribution in [0.4, 0.5) is 0 Å². The van der Waals surface area contributed by atoms with Crippen LogP contribution >= 0.6 is 0 Å². The lowest BCUT2D eigenvalue weighted by Gasteiger charge is -2.05. The first kappa shape index (κ1) is 11.8. The van der Waals surface area contributed by atoms with E-state index in [-0.39, 0.29) is 0 Å². The van der Waals surface area contributed by atoms with Gasteiger partial charge in [-0.2, -0.15) is 5.10 Å². The molecule has 102 valence electrons. The number of fused-ring (bicyclic) bond motifs is 2. The molecule has 0 spiro atoms. The molecule has 4 rings (SSSR count). The van der Waals surface area contributed by atoms with Crippen molar-refractivity contribution in [3.05, 3.63) is 48.8 Å². The molecule has 0 saturated heterocycles. The Kier molecular flexibility index (Phi) is 2.57. The van der Waals surface area contributed by atoms with Crippen molar-refractivity contribution in [2.75, 3.05) is 7.11 Å². The van der Waals surface area contributed by atoms with Crippen LogP contribution < -0.4 is 4.74 Å². The summed E-state index contributed by atoms with van der Waals surface area (Å²) in [5.74, 6) is 0.804. The van der Waals surface area contributed by atoms with E-state index < -0.39 is 0 Å². The van der Waals surface area contributed by atoms with E-state index in [1.165, 1.54) is 0 Å². The SMILES string of the molecule is COc1cccc(-c2cnc3cc4cn[nH]c4cc3n2)c1. The first-order valence-corrected chi connectivity index (χ1v) is 6.58. The molecule has 0 atom stereocenters. The monoisotopic (exact) mass is 276 g/mol. The number of nitrogens with one attached hydrogen (secondary N) is 1. The molecular formula is C16H12N4O. The van der Waals surface area contributed by atoms with Crippen molar-refractivity contribution in [3.8, 4) is 17.0 Å². The molecular weight excluding hydrogens is 264 g/mol. The van der Waals surface area contributed by atoms with Crippen molar-refractivity contribution >= 4 is 21.9 Å². The third-order valence-corrected chi connectivity index (χ3v) is 3.47. The lowest BCUT2D eigenvalue weighted by molar-refractivity contribution is 0.415. The molecule has 0 amide bonds. The fourth-order valence-electron chi connectivity index (χ4n) is 2.37. The highest BCUT2D eigenvalue weighted by Crippen LogP contribution is 2.24. The lowest BCUT2D eigenvalue weighted by Crippen LogP contribution is -1.90. The van der Waals surface area contributed by atoms with E-state index in [9.17, 15) is 0 Å². The summed E-state index contributed by atoms with van der Waals surface area (Å²) in [5.41, 5.74) is 4.45. The van der Waals surface area contributed by atoms with E-state index in [0.717, 1.165) is 38.9 Å². The van der Waals surface area contributed by atoms with Crippen molar-refractivity contribution < 1.29 is 4.74 Å². The summed E-state index contributed by atoms with van der Waals surface area (Å²) in [6.07, 6.45) is 3.56. The van der Waals surface area contributed by atoms with Gasteiger partial charge in [0.2, 0.25) is 0 Å². The minimum atomic E-state index is 0.804. The van der Waals surface area contributed by atoms with Crippen molar-refractivity contribution in [1.82, 2.24) is 20.2 Å². The minimum Gasteiger partial charge on any atom is -0.497 e. The Morgan fingerprint density at radius 2 is 2.00 bits per heavy atom. The number of ether oxygens (including phenoxy) is 1. The maximum absolute atomic E-state index is 5.25. The molecule has 0 saturated carbocycles. The van der Waals surface area contributed by atoms with Gasteiger partial charge < -0.3 is 4.74 Å². The maximum atomic E-state index is 5.25. The fraction of sp³-hybridized carbons (Fsp3) is 0.0625. The van der Waals surface area contributed by atoms with E-state index in [2.05, 4.69) is 20.2 Å². The summed E-state index contributed by atoms with van der Waals surface area (Å²) < 4.78 is 5.25. The number of aromatic amines is 1. The van der Waals surface area contributed by atoms with Gasteiger partial charge in [0, 0.05) is 10.9 Å². The molecule has 5 nitrogen and oxygen atoms in total. The van der Waals surface area contributed by atoms with Gasteiger partial charge in [-0.05, 0) is 24.3 Å². The number of methoxy groups -OCH3 is 1. The van der Waals surface area contributed by atoms with Crippen LogP contribution in [0.1, 0.15) is 0 Å². The molecule has 0 aliphatic rings. The third kappa shape index (κ3) is 1.99. The van der Waals surface area contributed by atoms with Gasteiger partial charge in [-0.25, -0.2) is 4.98 Å². The Morgan fingerprint density at radius 1 is 1.05 bits per heavy atom. The Bertz CT molecular complexity index is 945. The number of nitrogens with zero attached hydrogens (tertiary/aromatic N) is 3. The Morgan fingerprint density at radius 3 is 2.90 bits per heavy atom. The molecule has 0 aliphatic heterocycles. The van der Waals surface area contributed by atoms with Gasteiger partial charge in [-0.1, -0.05) is 12.1 Å². The van der Waals surface area contributed by atoms with Gasteiger partial charge in [0.05, 0.1) is 41.7 Å². The van der Waals surface area contributed by atoms with Crippen LogP contribution in [0, 0.1) is 0 Å². The first-order chi connectivity index (χ1) is 10.3. The van der Waals surface area contributed by atoms with Gasteiger partial charge >= 0.3 is 0 Å². The van der Waals surface area contributed by atoms with E-state index in [4.69, 9.17) is 4.74 Å². The van der Waals surface area contributed by atoms with Crippen molar-refractivity contribution in [2.45, 2.75) is 0 Å². The predicted molar refractivity (Wildman–Crippen MR) is 81.2 cm³/mol. The summed E-state index contributed by atoms with van der Waals surface area (Å²) >= 11 is 0. The topological polar surface area (TPSA) is 63.7 Å². The molecule has 1 N–H and O–H groups in total. The predicted octanol–water partition coefficient (Wildman–Crippen LogP) is 3.18. The van der Waals surface area contributed by atoms with Crippen LogP contribution in [0.2, 0.25) is 0 Å². The van der Waals surface area contributed by atoms with Crippen LogP contribution in [0.3, 0.4) is 0 Å². The maximum Gasteiger partial charge on any atom is 0.119 e. The van der Waals surface area contributed by atoms with Crippen molar-refractivity contribution in [1.29, 1.82) is 0 Å². The van der Waals surface area contributed by atoms with Gasteiger partial charge in [0.1, 0.15) is 5.75 Å². The van der Waals surface area contributed by atoms with Crippen LogP contribution in [0.15, 0.2) is 48.8 Å². The second-order valence-corrected chi connectivity index (χ2v) is 4.79. The highest BCUT2D eigenvalue weighted by molar-refractivity contribution is 5.92. The summed E-state index contributed by atoms with van der Waals surface area (Å²) in [4.78, 5) is 9.18. The summed E-state index contributed by atoms with van der Waals surface area (Å²) in [7, 11) is 1.65. The number of benzene rings is 2. The number of rotatable bonds is 2. The quantitative estimate of drug-likeness (QED) is 0.610. The zero-order valence-electron chi connectivity index (χ0n) is 11.4. The Labute approximate surface area is 120 Å². The molecule has 0 unspecified atom stereocenters. The van der Waals surface area contributed by atoms with Crippen molar-refractivity contribution in [2.24, 2.45) is 0 Å². The van der Waals surface area contributed by atoms with E-state index >= 15 is 0 Å². The molecule has 0 fully saturated rings. The van der Waals surface area contributed by atoms with Gasteiger partial charge in [0.15, 0.2) is 0 Å². The average molecular weight is 276 g/mol. The standard InChI is InChI=1S/C16H12N4O/c1-21-12-4-2-3-10(5-12)16-9-17-14-6-11-8-18-20-13(11)7-15(14)19-16/h2-9H,1H3,(H,18,20). The summed E-state index contributed by atoms with van der Waals surface area (Å²) in [6.45, 7) is 0. The molecule has 21 heavy (non-hydrogen) atoms. The van der Waals surface area contributed by atoms with Crippen LogP contribution in [-0.2, 0) is 0 Å². The number of H-pyrrole nitrogens is 1. The largest absolute Gasteiger partial charge is 0.497 e. The fourth-order valence-corrected chi connectivity index (χ4v) is 2.37. The van der Waals surface area contributed by atoms with Gasteiger partial charge in [-0.3, -0.25) is 10.1 Å². The Balaban J connectivity index is 1.90. The van der Waals surface area contributed by atoms with Crippen LogP contribution in [0.5, 0.6) is 5.75 Å². The molecule has 5 heteroatoms. The normalized spacial score (nSPS) is 11.1. The van der Waals surface area contributed by atoms with Gasteiger partial charge in [0.25, 0.3) is 0 Å². The zero-order valence-corrected chi connectivity index (χ0v) is 11.4. The average Bonchev–Trinajstić information content (AvgIpc) is 2.99. The second-order valence-electron chi connectivity index (χ2n) is 4.79. The van der Waals surface area contributed by atoms with E-state index in [1.54, 1.807) is 19.5 Å².